The lowest BCUT2D eigenvalue weighted by Crippen LogP contribution is -2.37. The second kappa shape index (κ2) is 6.92. The van der Waals surface area contributed by atoms with E-state index in [0.717, 1.165) is 12.8 Å². The molecule has 22 heavy (non-hydrogen) atoms. The van der Waals surface area contributed by atoms with Crippen LogP contribution in [0.1, 0.15) is 36.5 Å². The Kier molecular flexibility index (Phi) is 5.19. The fourth-order valence-corrected chi connectivity index (χ4v) is 2.33. The number of nitrogens with zero attached hydrogens (tertiary/aromatic N) is 1. The van der Waals surface area contributed by atoms with Crippen LogP contribution in [-0.4, -0.2) is 48.5 Å². The molecule has 0 aromatic heterocycles. The third-order valence-electron chi connectivity index (χ3n) is 4.15. The van der Waals surface area contributed by atoms with Crippen LogP contribution in [0, 0.1) is 5.41 Å². The highest BCUT2D eigenvalue weighted by molar-refractivity contribution is 5.95. The lowest BCUT2D eigenvalue weighted by molar-refractivity contribution is -0.133. The number of aliphatic hydroxyl groups excluding tert-OH is 1. The molecule has 0 aliphatic heterocycles. The van der Waals surface area contributed by atoms with Crippen LogP contribution in [0.25, 0.3) is 0 Å². The maximum atomic E-state index is 12.0. The number of Topliss-reactive ketones (excluding diaryl/α,β-unsaturated/α-hetero) is 1. The number of aliphatic hydroxyl groups is 1. The van der Waals surface area contributed by atoms with Crippen molar-refractivity contribution in [3.05, 3.63) is 29.8 Å². The van der Waals surface area contributed by atoms with Crippen molar-refractivity contribution in [3.63, 3.8) is 0 Å². The van der Waals surface area contributed by atoms with E-state index in [1.54, 1.807) is 36.2 Å². The van der Waals surface area contributed by atoms with E-state index in [1.807, 2.05) is 6.92 Å². The minimum absolute atomic E-state index is 0.0426. The van der Waals surface area contributed by atoms with Gasteiger partial charge in [0, 0.05) is 31.0 Å². The molecule has 1 amide bonds. The number of benzene rings is 1. The Morgan fingerprint density at radius 2 is 1.91 bits per heavy atom. The number of carbonyl (C=O) groups excluding carboxylic acids is 2. The molecule has 1 saturated carbocycles. The molecular weight excluding hydrogens is 282 g/mol. The summed E-state index contributed by atoms with van der Waals surface area (Å²) in [5.74, 6) is 0.534. The number of rotatable bonds is 8. The number of hydrogen-bond donors (Lipinski definition) is 1. The van der Waals surface area contributed by atoms with Crippen LogP contribution < -0.4 is 4.74 Å². The van der Waals surface area contributed by atoms with E-state index in [0.29, 0.717) is 24.3 Å². The zero-order chi connectivity index (χ0) is 16.2. The molecule has 1 N–H and O–H groups in total. The molecule has 0 bridgehead atoms. The zero-order valence-electron chi connectivity index (χ0n) is 13.2. The summed E-state index contributed by atoms with van der Waals surface area (Å²) >= 11 is 0. The molecule has 0 atom stereocenters. The summed E-state index contributed by atoms with van der Waals surface area (Å²) in [5.41, 5.74) is 0.559. The summed E-state index contributed by atoms with van der Waals surface area (Å²) in [6.45, 7) is 2.47. The van der Waals surface area contributed by atoms with Crippen LogP contribution in [0.3, 0.4) is 0 Å². The normalized spacial score (nSPS) is 15.2. The maximum absolute atomic E-state index is 12.0. The second-order valence-corrected chi connectivity index (χ2v) is 6.00. The van der Waals surface area contributed by atoms with Gasteiger partial charge in [0.15, 0.2) is 12.4 Å². The average molecular weight is 305 g/mol. The number of hydrogen-bond acceptors (Lipinski definition) is 4. The number of ether oxygens (including phenoxy) is 1. The summed E-state index contributed by atoms with van der Waals surface area (Å²) in [6.07, 6.45) is 2.40. The van der Waals surface area contributed by atoms with Crippen molar-refractivity contribution in [2.24, 2.45) is 5.41 Å². The van der Waals surface area contributed by atoms with Gasteiger partial charge in [-0.05, 0) is 37.1 Å². The van der Waals surface area contributed by atoms with Gasteiger partial charge in [-0.1, -0.05) is 6.92 Å². The minimum Gasteiger partial charge on any atom is -0.484 e. The van der Waals surface area contributed by atoms with Gasteiger partial charge in [-0.3, -0.25) is 9.59 Å². The van der Waals surface area contributed by atoms with Crippen LogP contribution in [0.15, 0.2) is 24.3 Å². The molecule has 2 rings (SSSR count). The van der Waals surface area contributed by atoms with Crippen molar-refractivity contribution < 1.29 is 19.4 Å². The van der Waals surface area contributed by atoms with E-state index >= 15 is 0 Å². The first-order valence-corrected chi connectivity index (χ1v) is 7.60. The molecule has 1 fully saturated rings. The van der Waals surface area contributed by atoms with Crippen molar-refractivity contribution in [1.82, 2.24) is 4.90 Å². The number of ketones is 1. The first kappa shape index (κ1) is 16.5. The Morgan fingerprint density at radius 3 is 2.41 bits per heavy atom. The monoisotopic (exact) mass is 305 g/mol. The molecule has 1 aliphatic rings. The molecule has 5 nitrogen and oxygen atoms in total. The van der Waals surface area contributed by atoms with Crippen LogP contribution >= 0.6 is 0 Å². The lowest BCUT2D eigenvalue weighted by atomic mass is 10.1. The topological polar surface area (TPSA) is 66.8 Å². The predicted molar refractivity (Wildman–Crippen MR) is 82.9 cm³/mol. The number of carbonyl (C=O) groups is 2. The van der Waals surface area contributed by atoms with E-state index in [-0.39, 0.29) is 30.3 Å². The molecule has 0 spiro atoms. The first-order chi connectivity index (χ1) is 10.5. The highest BCUT2D eigenvalue weighted by Gasteiger charge is 2.43. The predicted octanol–water partition coefficient (Wildman–Crippen LogP) is 1.89. The van der Waals surface area contributed by atoms with Gasteiger partial charge >= 0.3 is 0 Å². The van der Waals surface area contributed by atoms with Gasteiger partial charge in [0.2, 0.25) is 0 Å². The first-order valence-electron chi connectivity index (χ1n) is 7.60. The smallest absolute Gasteiger partial charge is 0.260 e. The average Bonchev–Trinajstić information content (AvgIpc) is 3.32. The highest BCUT2D eigenvalue weighted by Crippen LogP contribution is 2.45. The summed E-state index contributed by atoms with van der Waals surface area (Å²) < 4.78 is 5.46. The Hall–Kier alpha value is -1.88. The van der Waals surface area contributed by atoms with Gasteiger partial charge in [0.1, 0.15) is 5.75 Å². The maximum Gasteiger partial charge on any atom is 0.260 e. The Balaban J connectivity index is 1.81. The molecule has 1 aromatic carbocycles. The molecule has 5 heteroatoms. The highest BCUT2D eigenvalue weighted by atomic mass is 16.5. The van der Waals surface area contributed by atoms with Gasteiger partial charge < -0.3 is 14.7 Å². The summed E-state index contributed by atoms with van der Waals surface area (Å²) in [4.78, 5) is 25.2. The zero-order valence-corrected chi connectivity index (χ0v) is 13.2. The van der Waals surface area contributed by atoms with E-state index in [4.69, 9.17) is 4.74 Å². The van der Waals surface area contributed by atoms with Crippen molar-refractivity contribution in [2.75, 3.05) is 26.8 Å². The second-order valence-electron chi connectivity index (χ2n) is 6.00. The third kappa shape index (κ3) is 4.07. The van der Waals surface area contributed by atoms with Crippen LogP contribution in [0.2, 0.25) is 0 Å². The van der Waals surface area contributed by atoms with Gasteiger partial charge in [-0.15, -0.1) is 0 Å². The Bertz CT molecular complexity index is 534. The van der Waals surface area contributed by atoms with E-state index in [9.17, 15) is 14.7 Å². The molecule has 0 saturated heterocycles. The molecule has 0 radical (unpaired) electrons. The molecule has 0 unspecified atom stereocenters. The number of amides is 1. The van der Waals surface area contributed by atoms with Crippen molar-refractivity contribution in [2.45, 2.75) is 26.2 Å². The van der Waals surface area contributed by atoms with Crippen LogP contribution in [0.5, 0.6) is 5.75 Å². The largest absolute Gasteiger partial charge is 0.484 e. The fourth-order valence-electron chi connectivity index (χ4n) is 2.33. The van der Waals surface area contributed by atoms with Gasteiger partial charge in [-0.25, -0.2) is 0 Å². The Morgan fingerprint density at radius 1 is 1.27 bits per heavy atom. The van der Waals surface area contributed by atoms with Gasteiger partial charge in [0.05, 0.1) is 6.61 Å². The van der Waals surface area contributed by atoms with Gasteiger partial charge in [0.25, 0.3) is 5.91 Å². The molecular formula is C17H23NO4. The molecule has 1 aliphatic carbocycles. The molecule has 1 aromatic rings. The third-order valence-corrected chi connectivity index (χ3v) is 4.15. The molecule has 0 heterocycles. The van der Waals surface area contributed by atoms with Crippen molar-refractivity contribution in [3.8, 4) is 5.75 Å². The minimum atomic E-state index is -0.117. The van der Waals surface area contributed by atoms with E-state index in [1.165, 1.54) is 0 Å². The summed E-state index contributed by atoms with van der Waals surface area (Å²) in [7, 11) is 1.73. The van der Waals surface area contributed by atoms with Gasteiger partial charge in [-0.2, -0.15) is 0 Å². The van der Waals surface area contributed by atoms with Crippen molar-refractivity contribution >= 4 is 11.7 Å². The van der Waals surface area contributed by atoms with E-state index < -0.39 is 0 Å². The summed E-state index contributed by atoms with van der Waals surface area (Å²) in [5, 5.41) is 9.29. The van der Waals surface area contributed by atoms with Crippen LogP contribution in [-0.2, 0) is 4.79 Å². The quantitative estimate of drug-likeness (QED) is 0.745. The standard InChI is InChI=1S/C17H23NO4/c1-3-15(20)13-4-6-14(7-5-13)22-10-16(21)18(2)11-17(12-19)8-9-17/h4-7,19H,3,8-12H2,1-2H3. The van der Waals surface area contributed by atoms with E-state index in [2.05, 4.69) is 0 Å². The molecule has 120 valence electrons. The Labute approximate surface area is 130 Å². The fraction of sp³-hybridized carbons (Fsp3) is 0.529. The number of likely N-dealkylation sites (N-methyl/N-ethyl adjacent to an activating group) is 1. The summed E-state index contributed by atoms with van der Waals surface area (Å²) in [6, 6.07) is 6.82. The van der Waals surface area contributed by atoms with Crippen LogP contribution in [0.4, 0.5) is 0 Å². The SMILES string of the molecule is CCC(=O)c1ccc(OCC(=O)N(C)CC2(CO)CC2)cc1. The van der Waals surface area contributed by atoms with Crippen molar-refractivity contribution in [1.29, 1.82) is 0 Å². The lowest BCUT2D eigenvalue weighted by Gasteiger charge is -2.22.